The van der Waals surface area contributed by atoms with E-state index in [1.807, 2.05) is 0 Å². The van der Waals surface area contributed by atoms with E-state index >= 15 is 0 Å². The Hall–Kier alpha value is -2.98. The highest BCUT2D eigenvalue weighted by atomic mass is 32.2. The van der Waals surface area contributed by atoms with Gasteiger partial charge < -0.3 is 14.4 Å². The second-order valence-corrected chi connectivity index (χ2v) is 9.64. The fraction of sp³-hybridized carbons (Fsp3) is 0.364. The number of anilines is 1. The monoisotopic (exact) mass is 462 g/mol. The zero-order chi connectivity index (χ0) is 22.9. The largest absolute Gasteiger partial charge is 0.475 e. The van der Waals surface area contributed by atoms with Crippen LogP contribution >= 0.6 is 0 Å². The summed E-state index contributed by atoms with van der Waals surface area (Å²) < 4.78 is 51.0. The van der Waals surface area contributed by atoms with Crippen molar-refractivity contribution < 1.29 is 31.9 Å². The van der Waals surface area contributed by atoms with Crippen LogP contribution in [-0.2, 0) is 24.3 Å². The number of ether oxygens (including phenoxy) is 2. The smallest absolute Gasteiger partial charge is 0.348 e. The van der Waals surface area contributed by atoms with Gasteiger partial charge in [0.05, 0.1) is 30.2 Å². The average molecular weight is 462 g/mol. The van der Waals surface area contributed by atoms with E-state index in [1.165, 1.54) is 28.4 Å². The summed E-state index contributed by atoms with van der Waals surface area (Å²) in [7, 11) is -2.62. The molecule has 2 heterocycles. The summed E-state index contributed by atoms with van der Waals surface area (Å²) in [5.41, 5.74) is 0.524. The maximum Gasteiger partial charge on any atom is 0.348 e. The van der Waals surface area contributed by atoms with Gasteiger partial charge in [-0.15, -0.1) is 0 Å². The molecule has 8 nitrogen and oxygen atoms in total. The number of amides is 1. The van der Waals surface area contributed by atoms with Gasteiger partial charge in [0.15, 0.2) is 0 Å². The normalized spacial score (nSPS) is 21.4. The van der Waals surface area contributed by atoms with Gasteiger partial charge in [0, 0.05) is 13.1 Å². The lowest BCUT2D eigenvalue weighted by Crippen LogP contribution is -2.52. The fourth-order valence-corrected chi connectivity index (χ4v) is 5.56. The summed E-state index contributed by atoms with van der Waals surface area (Å²) in [4.78, 5) is 27.0. The van der Waals surface area contributed by atoms with E-state index in [1.54, 1.807) is 24.3 Å². The van der Waals surface area contributed by atoms with Crippen LogP contribution in [0.2, 0.25) is 0 Å². The second-order valence-electron chi connectivity index (χ2n) is 7.70. The molecule has 10 heteroatoms. The van der Waals surface area contributed by atoms with Crippen LogP contribution < -0.4 is 9.64 Å². The van der Waals surface area contributed by atoms with Crippen molar-refractivity contribution in [3.63, 3.8) is 0 Å². The number of halogens is 1. The first-order valence-electron chi connectivity index (χ1n) is 10.2. The minimum Gasteiger partial charge on any atom is -0.475 e. The Morgan fingerprint density at radius 1 is 1.09 bits per heavy atom. The van der Waals surface area contributed by atoms with Crippen molar-refractivity contribution in [2.45, 2.75) is 23.8 Å². The number of nitrogens with zero attached hydrogens (tertiary/aromatic N) is 2. The molecule has 0 spiro atoms. The number of carbonyl (C=O) groups excluding carboxylic acids is 2. The van der Waals surface area contributed by atoms with Crippen LogP contribution in [0.15, 0.2) is 53.4 Å². The molecule has 2 aliphatic heterocycles. The fourth-order valence-electron chi connectivity index (χ4n) is 4.04. The van der Waals surface area contributed by atoms with Crippen LogP contribution in [0, 0.1) is 11.7 Å². The molecule has 1 fully saturated rings. The highest BCUT2D eigenvalue weighted by Crippen LogP contribution is 2.35. The summed E-state index contributed by atoms with van der Waals surface area (Å²) in [6.45, 7) is 0.249. The highest BCUT2D eigenvalue weighted by Gasteiger charge is 2.40. The molecule has 32 heavy (non-hydrogen) atoms. The molecule has 170 valence electrons. The zero-order valence-corrected chi connectivity index (χ0v) is 18.3. The molecule has 2 aromatic rings. The summed E-state index contributed by atoms with van der Waals surface area (Å²) in [5.74, 6) is -1.62. The molecule has 0 aromatic heterocycles. The number of esters is 1. The van der Waals surface area contributed by atoms with Gasteiger partial charge in [0.2, 0.25) is 22.0 Å². The van der Waals surface area contributed by atoms with E-state index in [0.29, 0.717) is 24.3 Å². The van der Waals surface area contributed by atoms with Gasteiger partial charge in [-0.05, 0) is 49.2 Å². The second kappa shape index (κ2) is 8.87. The van der Waals surface area contributed by atoms with E-state index in [2.05, 4.69) is 0 Å². The number of sulfonamides is 1. The molecule has 2 aromatic carbocycles. The molecule has 0 bridgehead atoms. The van der Waals surface area contributed by atoms with Gasteiger partial charge in [-0.25, -0.2) is 17.6 Å². The summed E-state index contributed by atoms with van der Waals surface area (Å²) in [6.07, 6.45) is 0.0430. The predicted octanol–water partition coefficient (Wildman–Crippen LogP) is 2.19. The van der Waals surface area contributed by atoms with E-state index in [0.717, 1.165) is 12.1 Å². The predicted molar refractivity (Wildman–Crippen MR) is 113 cm³/mol. The van der Waals surface area contributed by atoms with Crippen LogP contribution in [0.25, 0.3) is 0 Å². The van der Waals surface area contributed by atoms with Crippen molar-refractivity contribution in [3.05, 3.63) is 54.3 Å². The first-order valence-corrected chi connectivity index (χ1v) is 11.7. The standard InChI is InChI=1S/C22H23FN2O6S/c1-30-22(27)20-14-25(18-6-2-3-7-19(18)31-20)21(26)15-5-4-12-24(13-15)32(28,29)17-10-8-16(23)9-11-17/h2-3,6-11,15,20H,4-5,12-14H2,1H3/t15-,20-/m1/s1. The Morgan fingerprint density at radius 3 is 2.53 bits per heavy atom. The highest BCUT2D eigenvalue weighted by molar-refractivity contribution is 7.89. The molecule has 1 saturated heterocycles. The first-order chi connectivity index (χ1) is 15.3. The van der Waals surface area contributed by atoms with E-state index in [4.69, 9.17) is 9.47 Å². The molecule has 2 atom stereocenters. The van der Waals surface area contributed by atoms with Crippen LogP contribution in [0.4, 0.5) is 10.1 Å². The van der Waals surface area contributed by atoms with Crippen molar-refractivity contribution >= 4 is 27.6 Å². The minimum absolute atomic E-state index is 0.000950. The third-order valence-electron chi connectivity index (χ3n) is 5.69. The Kier molecular flexibility index (Phi) is 6.16. The number of hydrogen-bond acceptors (Lipinski definition) is 6. The van der Waals surface area contributed by atoms with E-state index in [9.17, 15) is 22.4 Å². The third kappa shape index (κ3) is 4.20. The van der Waals surface area contributed by atoms with Crippen molar-refractivity contribution in [2.75, 3.05) is 31.6 Å². The molecule has 0 radical (unpaired) electrons. The van der Waals surface area contributed by atoms with Gasteiger partial charge in [-0.1, -0.05) is 12.1 Å². The maximum atomic E-state index is 13.5. The number of piperidine rings is 1. The van der Waals surface area contributed by atoms with E-state index in [-0.39, 0.29) is 30.4 Å². The lowest BCUT2D eigenvalue weighted by atomic mass is 9.97. The molecule has 2 aliphatic rings. The van der Waals surface area contributed by atoms with Gasteiger partial charge in [-0.3, -0.25) is 4.79 Å². The number of hydrogen-bond donors (Lipinski definition) is 0. The SMILES string of the molecule is COC(=O)[C@H]1CN(C(=O)[C@@H]2CCCN(S(=O)(=O)c3ccc(F)cc3)C2)c2ccccc2O1. The van der Waals surface area contributed by atoms with Gasteiger partial charge in [0.25, 0.3) is 0 Å². The van der Waals surface area contributed by atoms with Crippen LogP contribution in [-0.4, -0.2) is 57.4 Å². The zero-order valence-electron chi connectivity index (χ0n) is 17.4. The van der Waals surface area contributed by atoms with E-state index < -0.39 is 33.8 Å². The lowest BCUT2D eigenvalue weighted by Gasteiger charge is -2.38. The lowest BCUT2D eigenvalue weighted by molar-refractivity contribution is -0.148. The Labute approximate surface area is 185 Å². The average Bonchev–Trinajstić information content (AvgIpc) is 2.82. The molecular formula is C22H23FN2O6S. The summed E-state index contributed by atoms with van der Waals surface area (Å²) in [6, 6.07) is 11.5. The number of para-hydroxylation sites is 2. The van der Waals surface area contributed by atoms with Gasteiger partial charge >= 0.3 is 5.97 Å². The molecular weight excluding hydrogens is 439 g/mol. The quantitative estimate of drug-likeness (QED) is 0.647. The first kappa shape index (κ1) is 22.2. The molecule has 0 unspecified atom stereocenters. The summed E-state index contributed by atoms with van der Waals surface area (Å²) >= 11 is 0. The molecule has 1 amide bonds. The molecule has 4 rings (SSSR count). The molecule has 0 aliphatic carbocycles. The number of rotatable bonds is 4. The van der Waals surface area contributed by atoms with Crippen molar-refractivity contribution in [2.24, 2.45) is 5.92 Å². The minimum atomic E-state index is -3.87. The van der Waals surface area contributed by atoms with Gasteiger partial charge in [-0.2, -0.15) is 4.31 Å². The Bertz CT molecular complexity index is 1120. The molecule has 0 N–H and O–H groups in total. The number of benzene rings is 2. The van der Waals surface area contributed by atoms with Crippen molar-refractivity contribution in [3.8, 4) is 5.75 Å². The molecule has 0 saturated carbocycles. The van der Waals surface area contributed by atoms with Gasteiger partial charge in [0.1, 0.15) is 11.6 Å². The third-order valence-corrected chi connectivity index (χ3v) is 7.57. The number of fused-ring (bicyclic) bond motifs is 1. The topological polar surface area (TPSA) is 93.2 Å². The summed E-state index contributed by atoms with van der Waals surface area (Å²) in [5, 5.41) is 0. The van der Waals surface area contributed by atoms with Crippen LogP contribution in [0.5, 0.6) is 5.75 Å². The van der Waals surface area contributed by atoms with Crippen molar-refractivity contribution in [1.82, 2.24) is 4.31 Å². The van der Waals surface area contributed by atoms with Crippen LogP contribution in [0.3, 0.4) is 0 Å². The maximum absolute atomic E-state index is 13.5. The van der Waals surface area contributed by atoms with Crippen molar-refractivity contribution in [1.29, 1.82) is 0 Å². The van der Waals surface area contributed by atoms with Crippen LogP contribution in [0.1, 0.15) is 12.8 Å². The number of carbonyl (C=O) groups is 2. The Balaban J connectivity index is 1.57. The number of methoxy groups -OCH3 is 1. The Morgan fingerprint density at radius 2 is 1.81 bits per heavy atom.